The van der Waals surface area contributed by atoms with Gasteiger partial charge in [0, 0.05) is 0 Å². The van der Waals surface area contributed by atoms with Crippen LogP contribution in [0.2, 0.25) is 0 Å². The molecule has 2 aromatic rings. The normalized spacial score (nSPS) is 14.7. The highest BCUT2D eigenvalue weighted by molar-refractivity contribution is 7.92. The van der Waals surface area contributed by atoms with Crippen molar-refractivity contribution in [3.8, 4) is 0 Å². The summed E-state index contributed by atoms with van der Waals surface area (Å²) in [7, 11) is -3.88. The predicted molar refractivity (Wildman–Crippen MR) is 92.7 cm³/mol. The number of rotatable bonds is 5. The Morgan fingerprint density at radius 3 is 2.50 bits per heavy atom. The number of aryl methyl sites for hydroxylation is 3. The number of nitrogens with zero attached hydrogens (tertiary/aromatic N) is 1. The summed E-state index contributed by atoms with van der Waals surface area (Å²) in [5.41, 5.74) is 1.84. The van der Waals surface area contributed by atoms with Crippen molar-refractivity contribution in [1.29, 1.82) is 0 Å². The molecule has 0 atom stereocenters. The fourth-order valence-electron chi connectivity index (χ4n) is 3.04. The van der Waals surface area contributed by atoms with Gasteiger partial charge in [0.1, 0.15) is 5.76 Å². The fraction of sp³-hybridized carbons (Fsp3) is 0.444. The van der Waals surface area contributed by atoms with Gasteiger partial charge >= 0.3 is 0 Å². The van der Waals surface area contributed by atoms with Crippen LogP contribution in [0.1, 0.15) is 37.2 Å². The van der Waals surface area contributed by atoms with Gasteiger partial charge in [0.2, 0.25) is 5.09 Å². The molecular formula is C18H23NO4S. The molecule has 0 bridgehead atoms. The lowest BCUT2D eigenvalue weighted by Crippen LogP contribution is -2.42. The number of aliphatic hydroxyl groups is 1. The van der Waals surface area contributed by atoms with Crippen molar-refractivity contribution in [2.75, 3.05) is 10.8 Å². The molecule has 24 heavy (non-hydrogen) atoms. The lowest BCUT2D eigenvalue weighted by Gasteiger charge is -2.29. The number of fused-ring (bicyclic) bond motifs is 1. The molecule has 1 aliphatic carbocycles. The van der Waals surface area contributed by atoms with Crippen molar-refractivity contribution in [3.05, 3.63) is 47.2 Å². The molecule has 1 aromatic heterocycles. The summed E-state index contributed by atoms with van der Waals surface area (Å²) in [5.74, 6) is 0.533. The van der Waals surface area contributed by atoms with Crippen LogP contribution in [-0.4, -0.2) is 25.7 Å². The first-order valence-corrected chi connectivity index (χ1v) is 9.54. The van der Waals surface area contributed by atoms with Crippen molar-refractivity contribution in [2.45, 2.75) is 50.7 Å². The van der Waals surface area contributed by atoms with E-state index in [1.54, 1.807) is 26.8 Å². The smallest absolute Gasteiger partial charge is 0.297 e. The minimum absolute atomic E-state index is 0.0478. The van der Waals surface area contributed by atoms with Crippen LogP contribution in [0.4, 0.5) is 5.69 Å². The van der Waals surface area contributed by atoms with E-state index in [2.05, 4.69) is 0 Å². The van der Waals surface area contributed by atoms with Crippen molar-refractivity contribution >= 4 is 15.7 Å². The molecule has 6 heteroatoms. The van der Waals surface area contributed by atoms with E-state index in [0.717, 1.165) is 19.3 Å². The Morgan fingerprint density at radius 1 is 1.17 bits per heavy atom. The topological polar surface area (TPSA) is 70.8 Å². The predicted octanol–water partition coefficient (Wildman–Crippen LogP) is 3.04. The van der Waals surface area contributed by atoms with Crippen LogP contribution in [0.15, 0.2) is 39.8 Å². The average Bonchev–Trinajstić information content (AvgIpc) is 3.11. The first-order valence-electron chi connectivity index (χ1n) is 8.10. The van der Waals surface area contributed by atoms with Crippen molar-refractivity contribution in [2.24, 2.45) is 0 Å². The third-order valence-corrected chi connectivity index (χ3v) is 5.81. The highest BCUT2D eigenvalue weighted by atomic mass is 32.2. The van der Waals surface area contributed by atoms with Crippen LogP contribution in [0.5, 0.6) is 0 Å². The Bertz CT molecular complexity index is 846. The van der Waals surface area contributed by atoms with Gasteiger partial charge in [-0.2, -0.15) is 8.42 Å². The molecule has 0 unspecified atom stereocenters. The second-order valence-electron chi connectivity index (χ2n) is 7.00. The standard InChI is InChI=1S/C18H23NO4S/c1-13-7-10-17(23-13)24(21,22)19(12-18(2,3)20)16-9-8-14-5-4-6-15(14)11-16/h7-11,20H,4-6,12H2,1-3H3. The van der Waals surface area contributed by atoms with Crippen LogP contribution >= 0.6 is 0 Å². The van der Waals surface area contributed by atoms with Gasteiger partial charge in [-0.15, -0.1) is 0 Å². The molecule has 1 N–H and O–H groups in total. The Labute approximate surface area is 143 Å². The van der Waals surface area contributed by atoms with E-state index in [9.17, 15) is 13.5 Å². The van der Waals surface area contributed by atoms with Crippen molar-refractivity contribution in [3.63, 3.8) is 0 Å². The minimum Gasteiger partial charge on any atom is -0.448 e. The SMILES string of the molecule is Cc1ccc(S(=O)(=O)N(CC(C)(C)O)c2ccc3c(c2)CCC3)o1. The zero-order valence-electron chi connectivity index (χ0n) is 14.2. The Morgan fingerprint density at radius 2 is 1.88 bits per heavy atom. The Kier molecular flexibility index (Phi) is 4.21. The number of hydrogen-bond donors (Lipinski definition) is 1. The number of furan rings is 1. The quantitative estimate of drug-likeness (QED) is 0.901. The summed E-state index contributed by atoms with van der Waals surface area (Å²) in [5, 5.41) is 10.1. The fourth-order valence-corrected chi connectivity index (χ4v) is 4.61. The first-order chi connectivity index (χ1) is 11.2. The van der Waals surface area contributed by atoms with Crippen LogP contribution in [0.25, 0.3) is 0 Å². The van der Waals surface area contributed by atoms with Gasteiger partial charge in [-0.05, 0) is 75.4 Å². The maximum absolute atomic E-state index is 13.0. The van der Waals surface area contributed by atoms with Crippen LogP contribution < -0.4 is 4.31 Å². The zero-order chi connectivity index (χ0) is 17.5. The van der Waals surface area contributed by atoms with Gasteiger partial charge in [-0.25, -0.2) is 0 Å². The average molecular weight is 349 g/mol. The van der Waals surface area contributed by atoms with Gasteiger partial charge < -0.3 is 9.52 Å². The van der Waals surface area contributed by atoms with E-state index >= 15 is 0 Å². The molecule has 0 radical (unpaired) electrons. The molecule has 1 aromatic carbocycles. The third kappa shape index (κ3) is 3.35. The maximum atomic E-state index is 13.0. The number of hydrogen-bond acceptors (Lipinski definition) is 4. The van der Waals surface area contributed by atoms with Crippen LogP contribution in [-0.2, 0) is 22.9 Å². The summed E-state index contributed by atoms with van der Waals surface area (Å²) in [6.45, 7) is 4.84. The molecule has 0 saturated heterocycles. The summed E-state index contributed by atoms with van der Waals surface area (Å²) in [4.78, 5) is 0. The van der Waals surface area contributed by atoms with Gasteiger partial charge in [0.25, 0.3) is 10.0 Å². The van der Waals surface area contributed by atoms with E-state index in [1.807, 2.05) is 18.2 Å². The molecule has 3 rings (SSSR count). The molecular weight excluding hydrogens is 326 g/mol. The maximum Gasteiger partial charge on any atom is 0.297 e. The summed E-state index contributed by atoms with van der Waals surface area (Å²) in [6.07, 6.45) is 3.08. The number of benzene rings is 1. The summed E-state index contributed by atoms with van der Waals surface area (Å²) >= 11 is 0. The molecule has 5 nitrogen and oxygen atoms in total. The largest absolute Gasteiger partial charge is 0.448 e. The van der Waals surface area contributed by atoms with E-state index < -0.39 is 15.6 Å². The lowest BCUT2D eigenvalue weighted by molar-refractivity contribution is 0.0908. The van der Waals surface area contributed by atoms with Gasteiger partial charge in [-0.3, -0.25) is 4.31 Å². The number of anilines is 1. The molecule has 0 amide bonds. The highest BCUT2D eigenvalue weighted by Gasteiger charge is 2.32. The van der Waals surface area contributed by atoms with Crippen molar-refractivity contribution in [1.82, 2.24) is 0 Å². The Balaban J connectivity index is 2.07. The third-order valence-electron chi connectivity index (χ3n) is 4.16. The lowest BCUT2D eigenvalue weighted by atomic mass is 10.1. The summed E-state index contributed by atoms with van der Waals surface area (Å²) in [6, 6.07) is 8.79. The van der Waals surface area contributed by atoms with Crippen molar-refractivity contribution < 1.29 is 17.9 Å². The number of sulfonamides is 1. The van der Waals surface area contributed by atoms with Gasteiger partial charge in [-0.1, -0.05) is 6.07 Å². The molecule has 0 spiro atoms. The monoisotopic (exact) mass is 349 g/mol. The first kappa shape index (κ1) is 17.0. The Hall–Kier alpha value is -1.79. The minimum atomic E-state index is -3.88. The molecule has 0 aliphatic heterocycles. The molecule has 0 fully saturated rings. The van der Waals surface area contributed by atoms with E-state index in [0.29, 0.717) is 11.4 Å². The van der Waals surface area contributed by atoms with E-state index in [4.69, 9.17) is 4.42 Å². The molecule has 0 saturated carbocycles. The molecule has 1 aliphatic rings. The second kappa shape index (κ2) is 5.93. The van der Waals surface area contributed by atoms with E-state index in [1.165, 1.54) is 21.5 Å². The molecule has 1 heterocycles. The van der Waals surface area contributed by atoms with Gasteiger partial charge in [0.15, 0.2) is 0 Å². The van der Waals surface area contributed by atoms with Crippen LogP contribution in [0, 0.1) is 6.92 Å². The second-order valence-corrected chi connectivity index (χ2v) is 8.79. The van der Waals surface area contributed by atoms with Crippen LogP contribution in [0.3, 0.4) is 0 Å². The zero-order valence-corrected chi connectivity index (χ0v) is 15.1. The molecule has 130 valence electrons. The van der Waals surface area contributed by atoms with E-state index in [-0.39, 0.29) is 11.6 Å². The highest BCUT2D eigenvalue weighted by Crippen LogP contribution is 2.31. The summed E-state index contributed by atoms with van der Waals surface area (Å²) < 4.78 is 32.7. The van der Waals surface area contributed by atoms with Gasteiger partial charge in [0.05, 0.1) is 17.8 Å².